The van der Waals surface area contributed by atoms with Gasteiger partial charge >= 0.3 is 0 Å². The number of aromatic nitrogens is 3. The first-order valence-corrected chi connectivity index (χ1v) is 5.96. The van der Waals surface area contributed by atoms with E-state index < -0.39 is 0 Å². The first kappa shape index (κ1) is 11.0. The highest BCUT2D eigenvalue weighted by Crippen LogP contribution is 2.31. The van der Waals surface area contributed by atoms with Crippen molar-refractivity contribution in [3.63, 3.8) is 0 Å². The number of hydrogen-bond acceptors (Lipinski definition) is 4. The average molecular weight is 303 g/mol. The summed E-state index contributed by atoms with van der Waals surface area (Å²) in [6.45, 7) is 0. The Kier molecular flexibility index (Phi) is 2.42. The van der Waals surface area contributed by atoms with Crippen LogP contribution < -0.4 is 0 Å². The van der Waals surface area contributed by atoms with Crippen LogP contribution in [-0.2, 0) is 7.05 Å². The molecule has 3 rings (SSSR count). The van der Waals surface area contributed by atoms with Gasteiger partial charge in [0, 0.05) is 12.6 Å². The highest BCUT2D eigenvalue weighted by molar-refractivity contribution is 9.10. The van der Waals surface area contributed by atoms with E-state index in [0.29, 0.717) is 15.7 Å². The summed E-state index contributed by atoms with van der Waals surface area (Å²) in [7, 11) is 1.80. The van der Waals surface area contributed by atoms with Crippen LogP contribution in [0.1, 0.15) is 5.69 Å². The summed E-state index contributed by atoms with van der Waals surface area (Å²) in [5.41, 5.74) is 3.63. The fourth-order valence-electron chi connectivity index (χ4n) is 1.89. The Hall–Kier alpha value is -2.13. The van der Waals surface area contributed by atoms with Gasteiger partial charge < -0.3 is 4.42 Å². The van der Waals surface area contributed by atoms with Crippen molar-refractivity contribution in [2.45, 2.75) is 0 Å². The molecule has 6 heteroatoms. The van der Waals surface area contributed by atoms with E-state index in [1.807, 2.05) is 24.3 Å². The number of oxazole rings is 1. The molecule has 1 aromatic carbocycles. The van der Waals surface area contributed by atoms with Crippen LogP contribution in [0.4, 0.5) is 0 Å². The molecular formula is C12H7BrN4O. The van der Waals surface area contributed by atoms with Gasteiger partial charge in [0.2, 0.25) is 0 Å². The molecule has 5 nitrogen and oxygen atoms in total. The van der Waals surface area contributed by atoms with E-state index in [9.17, 15) is 0 Å². The minimum absolute atomic E-state index is 0.366. The summed E-state index contributed by atoms with van der Waals surface area (Å²) in [6.07, 6.45) is 1.41. The summed E-state index contributed by atoms with van der Waals surface area (Å²) >= 11 is 3.40. The third-order valence-corrected chi connectivity index (χ3v) is 3.45. The molecule has 0 N–H and O–H groups in total. The summed E-state index contributed by atoms with van der Waals surface area (Å²) in [4.78, 5) is 4.07. The second-order valence-electron chi connectivity index (χ2n) is 3.78. The van der Waals surface area contributed by atoms with Crippen molar-refractivity contribution < 1.29 is 4.42 Å². The van der Waals surface area contributed by atoms with Gasteiger partial charge in [-0.15, -0.1) is 0 Å². The summed E-state index contributed by atoms with van der Waals surface area (Å²) in [6, 6.07) is 7.72. The minimum atomic E-state index is 0.366. The van der Waals surface area contributed by atoms with Crippen molar-refractivity contribution in [3.8, 4) is 17.3 Å². The first-order valence-electron chi connectivity index (χ1n) is 5.17. The molecule has 0 aliphatic heterocycles. The lowest BCUT2D eigenvalue weighted by molar-refractivity contribution is 0.602. The van der Waals surface area contributed by atoms with Crippen molar-refractivity contribution in [2.75, 3.05) is 0 Å². The van der Waals surface area contributed by atoms with Crippen LogP contribution in [0.15, 0.2) is 33.5 Å². The quantitative estimate of drug-likeness (QED) is 0.693. The SMILES string of the molecule is Cn1nc(C#N)c(Br)c1-c1ccc2ncoc2c1. The molecule has 0 unspecified atom stereocenters. The van der Waals surface area contributed by atoms with Crippen molar-refractivity contribution >= 4 is 27.0 Å². The molecule has 0 aliphatic carbocycles. The van der Waals surface area contributed by atoms with Crippen LogP contribution in [-0.4, -0.2) is 14.8 Å². The third-order valence-electron chi connectivity index (χ3n) is 2.70. The largest absolute Gasteiger partial charge is 0.443 e. The van der Waals surface area contributed by atoms with Gasteiger partial charge in [-0.05, 0) is 28.1 Å². The maximum atomic E-state index is 8.96. The summed E-state index contributed by atoms with van der Waals surface area (Å²) in [5.74, 6) is 0. The van der Waals surface area contributed by atoms with E-state index in [2.05, 4.69) is 26.0 Å². The van der Waals surface area contributed by atoms with Gasteiger partial charge in [0.1, 0.15) is 11.6 Å². The zero-order chi connectivity index (χ0) is 12.7. The predicted octanol–water partition coefficient (Wildman–Crippen LogP) is 2.86. The molecule has 88 valence electrons. The fourth-order valence-corrected chi connectivity index (χ4v) is 2.54. The Labute approximate surface area is 111 Å². The van der Waals surface area contributed by atoms with Crippen LogP contribution >= 0.6 is 15.9 Å². The number of nitrogens with zero attached hydrogens (tertiary/aromatic N) is 4. The number of rotatable bonds is 1. The Bertz CT molecular complexity index is 781. The van der Waals surface area contributed by atoms with Gasteiger partial charge in [-0.2, -0.15) is 10.4 Å². The van der Waals surface area contributed by atoms with Crippen LogP contribution in [0, 0.1) is 11.3 Å². The van der Waals surface area contributed by atoms with E-state index in [1.54, 1.807) is 11.7 Å². The fraction of sp³-hybridized carbons (Fsp3) is 0.0833. The standard InChI is InChI=1S/C12H7BrN4O/c1-17-12(11(13)9(5-14)16-17)7-2-3-8-10(4-7)18-6-15-8/h2-4,6H,1H3. The lowest BCUT2D eigenvalue weighted by atomic mass is 10.1. The number of hydrogen-bond donors (Lipinski definition) is 0. The lowest BCUT2D eigenvalue weighted by Crippen LogP contribution is -1.93. The smallest absolute Gasteiger partial charge is 0.181 e. The van der Waals surface area contributed by atoms with E-state index in [1.165, 1.54) is 6.39 Å². The lowest BCUT2D eigenvalue weighted by Gasteiger charge is -2.02. The first-order chi connectivity index (χ1) is 8.70. The van der Waals surface area contributed by atoms with Crippen LogP contribution in [0.5, 0.6) is 0 Å². The third kappa shape index (κ3) is 1.52. The minimum Gasteiger partial charge on any atom is -0.443 e. The van der Waals surface area contributed by atoms with Crippen LogP contribution in [0.2, 0.25) is 0 Å². The molecule has 0 bridgehead atoms. The monoisotopic (exact) mass is 302 g/mol. The maximum absolute atomic E-state index is 8.96. The van der Waals surface area contributed by atoms with Crippen LogP contribution in [0.25, 0.3) is 22.4 Å². The molecule has 3 aromatic rings. The number of aryl methyl sites for hydroxylation is 1. The Morgan fingerprint density at radius 3 is 3.00 bits per heavy atom. The molecule has 0 saturated heterocycles. The van der Waals surface area contributed by atoms with Gasteiger partial charge in [-0.25, -0.2) is 4.98 Å². The molecule has 0 amide bonds. The van der Waals surface area contributed by atoms with Crippen LogP contribution in [0.3, 0.4) is 0 Å². The number of nitriles is 1. The molecule has 0 radical (unpaired) electrons. The summed E-state index contributed by atoms with van der Waals surface area (Å²) in [5, 5.41) is 13.1. The highest BCUT2D eigenvalue weighted by atomic mass is 79.9. The molecular weight excluding hydrogens is 296 g/mol. The molecule has 0 atom stereocenters. The second-order valence-corrected chi connectivity index (χ2v) is 4.57. The summed E-state index contributed by atoms with van der Waals surface area (Å²) < 4.78 is 7.63. The topological polar surface area (TPSA) is 67.6 Å². The van der Waals surface area contributed by atoms with Crippen molar-refractivity contribution in [2.24, 2.45) is 7.05 Å². The number of benzene rings is 1. The van der Waals surface area contributed by atoms with E-state index in [-0.39, 0.29) is 0 Å². The zero-order valence-electron chi connectivity index (χ0n) is 9.38. The van der Waals surface area contributed by atoms with E-state index in [0.717, 1.165) is 16.8 Å². The number of fused-ring (bicyclic) bond motifs is 1. The highest BCUT2D eigenvalue weighted by Gasteiger charge is 2.16. The molecule has 2 aromatic heterocycles. The molecule has 0 spiro atoms. The predicted molar refractivity (Wildman–Crippen MR) is 68.6 cm³/mol. The molecule has 0 fully saturated rings. The van der Waals surface area contributed by atoms with Gasteiger partial charge in [-0.1, -0.05) is 6.07 Å². The van der Waals surface area contributed by atoms with Gasteiger partial charge in [-0.3, -0.25) is 4.68 Å². The Morgan fingerprint density at radius 1 is 1.44 bits per heavy atom. The second kappa shape index (κ2) is 3.96. The molecule has 18 heavy (non-hydrogen) atoms. The van der Waals surface area contributed by atoms with Gasteiger partial charge in [0.15, 0.2) is 17.7 Å². The van der Waals surface area contributed by atoms with Crippen molar-refractivity contribution in [1.82, 2.24) is 14.8 Å². The molecule has 2 heterocycles. The van der Waals surface area contributed by atoms with Gasteiger partial charge in [0.05, 0.1) is 10.2 Å². The maximum Gasteiger partial charge on any atom is 0.181 e. The zero-order valence-corrected chi connectivity index (χ0v) is 11.0. The molecule has 0 saturated carbocycles. The Balaban J connectivity index is 2.25. The normalized spacial score (nSPS) is 10.7. The van der Waals surface area contributed by atoms with E-state index >= 15 is 0 Å². The Morgan fingerprint density at radius 2 is 2.28 bits per heavy atom. The molecule has 0 aliphatic rings. The van der Waals surface area contributed by atoms with Gasteiger partial charge in [0.25, 0.3) is 0 Å². The number of halogens is 1. The average Bonchev–Trinajstić information content (AvgIpc) is 2.93. The van der Waals surface area contributed by atoms with Crippen molar-refractivity contribution in [1.29, 1.82) is 5.26 Å². The van der Waals surface area contributed by atoms with Crippen molar-refractivity contribution in [3.05, 3.63) is 34.8 Å². The van der Waals surface area contributed by atoms with E-state index in [4.69, 9.17) is 9.68 Å².